The second-order valence-electron chi connectivity index (χ2n) is 5.83. The van der Waals surface area contributed by atoms with Crippen LogP contribution in [-0.2, 0) is 19.1 Å². The second-order valence-corrected chi connectivity index (χ2v) is 7.55. The van der Waals surface area contributed by atoms with Gasteiger partial charge in [-0.2, -0.15) is 0 Å². The van der Waals surface area contributed by atoms with E-state index in [1.54, 1.807) is 0 Å². The Morgan fingerprint density at radius 2 is 1.11 bits per heavy atom. The Balaban J connectivity index is 4.39. The topological polar surface area (TPSA) is 99.5 Å². The molecule has 0 spiro atoms. The van der Waals surface area contributed by atoms with Crippen molar-refractivity contribution < 1.29 is 29.3 Å². The van der Waals surface area contributed by atoms with Crippen molar-refractivity contribution in [3.63, 3.8) is 0 Å². The third-order valence-electron chi connectivity index (χ3n) is 3.74. The van der Waals surface area contributed by atoms with E-state index in [0.717, 1.165) is 13.0 Å². The first kappa shape index (κ1) is 26.8. The van der Waals surface area contributed by atoms with Crippen LogP contribution in [0.4, 0.5) is 0 Å². The second kappa shape index (κ2) is 19.1. The van der Waals surface area contributed by atoms with E-state index < -0.39 is 0 Å². The van der Waals surface area contributed by atoms with Crippen LogP contribution in [0, 0.1) is 0 Å². The Hall–Kier alpha value is -0.181. The maximum atomic E-state index is 11.7. The molecule has 2 radical (unpaired) electrons. The molecule has 0 atom stereocenters. The van der Waals surface area contributed by atoms with E-state index in [-0.39, 0.29) is 38.0 Å². The van der Waals surface area contributed by atoms with E-state index in [0.29, 0.717) is 56.6 Å². The number of hydrogen-bond donors (Lipinski definition) is 2. The number of aliphatic hydroxyl groups is 2. The molecule has 0 aromatic carbocycles. The van der Waals surface area contributed by atoms with Crippen LogP contribution in [0.3, 0.4) is 0 Å². The first-order chi connectivity index (χ1) is 13.1. The van der Waals surface area contributed by atoms with Crippen LogP contribution in [0.15, 0.2) is 0 Å². The summed E-state index contributed by atoms with van der Waals surface area (Å²) in [6.45, 7) is 4.33. The third-order valence-corrected chi connectivity index (χ3v) is 4.44. The minimum atomic E-state index is -0.249. The van der Waals surface area contributed by atoms with Crippen molar-refractivity contribution >= 4 is 44.0 Å². The Morgan fingerprint density at radius 3 is 1.48 bits per heavy atom. The molecule has 10 heteroatoms. The first-order valence-corrected chi connectivity index (χ1v) is 11.6. The molecule has 0 amide bonds. The fourth-order valence-electron chi connectivity index (χ4n) is 2.43. The molecule has 27 heavy (non-hydrogen) atoms. The summed E-state index contributed by atoms with van der Waals surface area (Å²) < 4.78 is 10.1. The predicted molar refractivity (Wildman–Crippen MR) is 104 cm³/mol. The fourth-order valence-corrected chi connectivity index (χ4v) is 2.78. The van der Waals surface area contributed by atoms with Crippen LogP contribution in [0.25, 0.3) is 0 Å². The SMILES string of the molecule is O=C(CCN(CCCN(CCO)CCO)CCC(=O)OCC[Se])OCC[Se]. The van der Waals surface area contributed by atoms with Gasteiger partial charge < -0.3 is 10.2 Å². The van der Waals surface area contributed by atoms with Crippen molar-refractivity contribution in [1.82, 2.24) is 9.80 Å². The summed E-state index contributed by atoms with van der Waals surface area (Å²) in [7, 11) is 0. The van der Waals surface area contributed by atoms with Crippen molar-refractivity contribution in [2.45, 2.75) is 29.9 Å². The zero-order chi connectivity index (χ0) is 20.3. The van der Waals surface area contributed by atoms with E-state index in [2.05, 4.69) is 36.9 Å². The summed E-state index contributed by atoms with van der Waals surface area (Å²) in [6, 6.07) is 0. The van der Waals surface area contributed by atoms with Crippen LogP contribution < -0.4 is 0 Å². The molecule has 0 unspecified atom stereocenters. The standard InChI is InChI=1S/C17H32N2O6Se2/c20-10-8-19(9-11-21)5-1-4-18(6-2-16(22)24-12-14-26)7-3-17(23)25-13-15-27/h20-21H,1-15H2. The molecule has 0 saturated heterocycles. The van der Waals surface area contributed by atoms with Gasteiger partial charge in [0.25, 0.3) is 0 Å². The van der Waals surface area contributed by atoms with Crippen molar-refractivity contribution in [3.05, 3.63) is 0 Å². The molecule has 0 aliphatic carbocycles. The number of aliphatic hydroxyl groups excluding tert-OH is 2. The summed E-state index contributed by atoms with van der Waals surface area (Å²) >= 11 is 5.58. The molecule has 0 aromatic rings. The van der Waals surface area contributed by atoms with Gasteiger partial charge >= 0.3 is 155 Å². The maximum absolute atomic E-state index is 11.7. The molecule has 0 rings (SSSR count). The minimum absolute atomic E-state index is 0.0467. The van der Waals surface area contributed by atoms with Gasteiger partial charge in [0.1, 0.15) is 0 Å². The average molecular weight is 518 g/mol. The summed E-state index contributed by atoms with van der Waals surface area (Å²) in [5.41, 5.74) is 0. The molecule has 0 fully saturated rings. The van der Waals surface area contributed by atoms with Crippen molar-refractivity contribution in [2.24, 2.45) is 0 Å². The van der Waals surface area contributed by atoms with E-state index >= 15 is 0 Å². The molecule has 0 heterocycles. The van der Waals surface area contributed by atoms with Gasteiger partial charge in [0, 0.05) is 0 Å². The van der Waals surface area contributed by atoms with E-state index in [4.69, 9.17) is 19.7 Å². The van der Waals surface area contributed by atoms with Gasteiger partial charge in [0.2, 0.25) is 0 Å². The van der Waals surface area contributed by atoms with Crippen LogP contribution in [0.1, 0.15) is 19.3 Å². The van der Waals surface area contributed by atoms with Crippen LogP contribution in [-0.4, -0.2) is 130 Å². The fraction of sp³-hybridized carbons (Fsp3) is 0.882. The normalized spacial score (nSPS) is 11.2. The number of esters is 2. The molecular weight excluding hydrogens is 486 g/mol. The number of carbonyl (C=O) groups is 2. The van der Waals surface area contributed by atoms with Gasteiger partial charge in [0.15, 0.2) is 0 Å². The first-order valence-electron chi connectivity index (χ1n) is 9.21. The molecule has 0 aliphatic heterocycles. The van der Waals surface area contributed by atoms with Crippen LogP contribution in [0.5, 0.6) is 0 Å². The Labute approximate surface area is 178 Å². The van der Waals surface area contributed by atoms with Gasteiger partial charge in [0.05, 0.1) is 13.2 Å². The molecule has 0 aromatic heterocycles. The van der Waals surface area contributed by atoms with Crippen LogP contribution >= 0.6 is 0 Å². The summed E-state index contributed by atoms with van der Waals surface area (Å²) in [5.74, 6) is -0.497. The Morgan fingerprint density at radius 1 is 0.704 bits per heavy atom. The summed E-state index contributed by atoms with van der Waals surface area (Å²) in [5, 5.41) is 19.5. The van der Waals surface area contributed by atoms with E-state index in [1.165, 1.54) is 0 Å². The molecule has 8 nitrogen and oxygen atoms in total. The van der Waals surface area contributed by atoms with Crippen LogP contribution in [0.2, 0.25) is 10.6 Å². The van der Waals surface area contributed by atoms with Gasteiger partial charge in [-0.05, 0) is 0 Å². The number of ether oxygens (including phenoxy) is 2. The zero-order valence-electron chi connectivity index (χ0n) is 15.8. The molecule has 158 valence electrons. The number of rotatable bonds is 18. The zero-order valence-corrected chi connectivity index (χ0v) is 19.3. The summed E-state index contributed by atoms with van der Waals surface area (Å²) in [6.07, 6.45) is 1.35. The number of hydrogen-bond acceptors (Lipinski definition) is 8. The molecule has 0 saturated carbocycles. The summed E-state index contributed by atoms with van der Waals surface area (Å²) in [4.78, 5) is 27.5. The number of carbonyl (C=O) groups excluding carboxylic acids is 2. The van der Waals surface area contributed by atoms with Gasteiger partial charge in [-0.3, -0.25) is 0 Å². The molecular formula is C17H32N2O6Se2. The van der Waals surface area contributed by atoms with E-state index in [1.807, 2.05) is 4.90 Å². The average Bonchev–Trinajstić information content (AvgIpc) is 2.66. The molecule has 0 aliphatic rings. The Kier molecular flexibility index (Phi) is 19.0. The predicted octanol–water partition coefficient (Wildman–Crippen LogP) is -0.995. The van der Waals surface area contributed by atoms with Crippen molar-refractivity contribution in [2.75, 3.05) is 65.7 Å². The van der Waals surface area contributed by atoms with E-state index in [9.17, 15) is 9.59 Å². The van der Waals surface area contributed by atoms with Gasteiger partial charge in [-0.25, -0.2) is 0 Å². The van der Waals surface area contributed by atoms with Crippen molar-refractivity contribution in [1.29, 1.82) is 0 Å². The third kappa shape index (κ3) is 16.5. The molecule has 0 bridgehead atoms. The monoisotopic (exact) mass is 520 g/mol. The number of nitrogens with zero attached hydrogens (tertiary/aromatic N) is 2. The quantitative estimate of drug-likeness (QED) is 0.176. The van der Waals surface area contributed by atoms with Gasteiger partial charge in [-0.15, -0.1) is 0 Å². The van der Waals surface area contributed by atoms with Crippen molar-refractivity contribution in [3.8, 4) is 0 Å². The van der Waals surface area contributed by atoms with Gasteiger partial charge in [-0.1, -0.05) is 0 Å². The molecule has 2 N–H and O–H groups in total. The Bertz CT molecular complexity index is 360.